The zero-order valence-electron chi connectivity index (χ0n) is 9.18. The number of carbonyl (C=O) groups is 1. The second-order valence-corrected chi connectivity index (χ2v) is 3.96. The first kappa shape index (κ1) is 12.7. The van der Waals surface area contributed by atoms with Crippen molar-refractivity contribution in [1.29, 1.82) is 0 Å². The van der Waals surface area contributed by atoms with Crippen LogP contribution in [0.15, 0.2) is 24.0 Å². The summed E-state index contributed by atoms with van der Waals surface area (Å²) in [6.45, 7) is 9.85. The molecule has 0 atom stereocenters. The maximum atomic E-state index is 11.1. The lowest BCUT2D eigenvalue weighted by Gasteiger charge is -2.19. The molecule has 0 rings (SSSR count). The first-order valence-electron chi connectivity index (χ1n) is 4.29. The van der Waals surface area contributed by atoms with Gasteiger partial charge in [0.15, 0.2) is 5.76 Å². The molecule has 0 spiro atoms. The molecule has 3 N–H and O–H groups in total. The standard InChI is InChI=1S/C10H18N2O2/c1-7(10(2,3)4)6-8(14-5)9(13)12-11/h6H,1,11H2,2-5H3,(H,12,13)/b8-6-. The van der Waals surface area contributed by atoms with Crippen LogP contribution in [0.25, 0.3) is 0 Å². The second kappa shape index (κ2) is 4.81. The Labute approximate surface area is 84.8 Å². The smallest absolute Gasteiger partial charge is 0.300 e. The highest BCUT2D eigenvalue weighted by molar-refractivity contribution is 5.91. The van der Waals surface area contributed by atoms with E-state index in [4.69, 9.17) is 10.6 Å². The Hall–Kier alpha value is -1.29. The lowest BCUT2D eigenvalue weighted by molar-refractivity contribution is -0.120. The van der Waals surface area contributed by atoms with Crippen molar-refractivity contribution in [2.45, 2.75) is 20.8 Å². The van der Waals surface area contributed by atoms with Crippen LogP contribution in [-0.4, -0.2) is 13.0 Å². The van der Waals surface area contributed by atoms with Gasteiger partial charge in [-0.3, -0.25) is 10.2 Å². The highest BCUT2D eigenvalue weighted by Gasteiger charge is 2.16. The number of amides is 1. The fraction of sp³-hybridized carbons (Fsp3) is 0.500. The molecule has 0 aliphatic rings. The molecule has 0 aromatic heterocycles. The number of methoxy groups -OCH3 is 1. The topological polar surface area (TPSA) is 64.3 Å². The molecular formula is C10H18N2O2. The summed E-state index contributed by atoms with van der Waals surface area (Å²) in [4.78, 5) is 11.1. The van der Waals surface area contributed by atoms with Gasteiger partial charge >= 0.3 is 0 Å². The third-order valence-electron chi connectivity index (χ3n) is 1.84. The van der Waals surface area contributed by atoms with Crippen molar-refractivity contribution in [2.75, 3.05) is 7.11 Å². The Morgan fingerprint density at radius 3 is 2.29 bits per heavy atom. The molecule has 4 nitrogen and oxygen atoms in total. The van der Waals surface area contributed by atoms with Gasteiger partial charge in [-0.25, -0.2) is 5.84 Å². The molecule has 1 amide bonds. The minimum atomic E-state index is -0.460. The van der Waals surface area contributed by atoms with E-state index in [0.29, 0.717) is 0 Å². The van der Waals surface area contributed by atoms with Crippen molar-refractivity contribution >= 4 is 5.91 Å². The van der Waals surface area contributed by atoms with Gasteiger partial charge in [0.05, 0.1) is 7.11 Å². The number of hydrogen-bond acceptors (Lipinski definition) is 3. The molecular weight excluding hydrogens is 180 g/mol. The van der Waals surface area contributed by atoms with Gasteiger partial charge in [0.1, 0.15) is 0 Å². The van der Waals surface area contributed by atoms with Crippen LogP contribution in [0.4, 0.5) is 0 Å². The van der Waals surface area contributed by atoms with E-state index >= 15 is 0 Å². The fourth-order valence-corrected chi connectivity index (χ4v) is 0.663. The van der Waals surface area contributed by atoms with E-state index in [1.807, 2.05) is 26.2 Å². The van der Waals surface area contributed by atoms with Crippen LogP contribution in [0.1, 0.15) is 20.8 Å². The van der Waals surface area contributed by atoms with E-state index in [1.54, 1.807) is 6.08 Å². The molecule has 80 valence electrons. The summed E-state index contributed by atoms with van der Waals surface area (Å²) in [5, 5.41) is 0. The Bertz CT molecular complexity index is 262. The molecule has 0 unspecified atom stereocenters. The molecule has 14 heavy (non-hydrogen) atoms. The van der Waals surface area contributed by atoms with Crippen LogP contribution in [0.3, 0.4) is 0 Å². The lowest BCUT2D eigenvalue weighted by atomic mass is 9.87. The Morgan fingerprint density at radius 1 is 1.50 bits per heavy atom. The van der Waals surface area contributed by atoms with Gasteiger partial charge in [0.2, 0.25) is 0 Å². The lowest BCUT2D eigenvalue weighted by Crippen LogP contribution is -2.32. The summed E-state index contributed by atoms with van der Waals surface area (Å²) in [6, 6.07) is 0. The summed E-state index contributed by atoms with van der Waals surface area (Å²) < 4.78 is 4.88. The second-order valence-electron chi connectivity index (χ2n) is 3.96. The minimum Gasteiger partial charge on any atom is -0.491 e. The van der Waals surface area contributed by atoms with Crippen LogP contribution in [-0.2, 0) is 9.53 Å². The van der Waals surface area contributed by atoms with Crippen molar-refractivity contribution in [1.82, 2.24) is 5.43 Å². The molecule has 0 aromatic carbocycles. The largest absolute Gasteiger partial charge is 0.491 e. The summed E-state index contributed by atoms with van der Waals surface area (Å²) >= 11 is 0. The Kier molecular flexibility index (Phi) is 4.37. The maximum absolute atomic E-state index is 11.1. The van der Waals surface area contributed by atoms with Gasteiger partial charge in [-0.15, -0.1) is 0 Å². The van der Waals surface area contributed by atoms with Crippen molar-refractivity contribution in [3.63, 3.8) is 0 Å². The normalized spacial score (nSPS) is 12.2. The highest BCUT2D eigenvalue weighted by atomic mass is 16.5. The molecule has 0 fully saturated rings. The Morgan fingerprint density at radius 2 is 2.00 bits per heavy atom. The number of carbonyl (C=O) groups excluding carboxylic acids is 1. The van der Waals surface area contributed by atoms with E-state index in [2.05, 4.69) is 6.58 Å². The number of ether oxygens (including phenoxy) is 1. The first-order chi connectivity index (χ1) is 6.32. The van der Waals surface area contributed by atoms with Crippen molar-refractivity contribution in [2.24, 2.45) is 11.3 Å². The third-order valence-corrected chi connectivity index (χ3v) is 1.84. The van der Waals surface area contributed by atoms with E-state index in [-0.39, 0.29) is 11.2 Å². The zero-order chi connectivity index (χ0) is 11.4. The zero-order valence-corrected chi connectivity index (χ0v) is 9.18. The minimum absolute atomic E-state index is 0.0986. The molecule has 0 aliphatic carbocycles. The van der Waals surface area contributed by atoms with Crippen LogP contribution in [0, 0.1) is 5.41 Å². The third kappa shape index (κ3) is 3.62. The highest BCUT2D eigenvalue weighted by Crippen LogP contribution is 2.25. The van der Waals surface area contributed by atoms with Gasteiger partial charge in [-0.1, -0.05) is 27.4 Å². The molecule has 0 aromatic rings. The van der Waals surface area contributed by atoms with Gasteiger partial charge in [0, 0.05) is 0 Å². The van der Waals surface area contributed by atoms with Crippen LogP contribution < -0.4 is 11.3 Å². The van der Waals surface area contributed by atoms with E-state index in [0.717, 1.165) is 5.57 Å². The number of hydrazine groups is 1. The molecule has 0 bridgehead atoms. The van der Waals surface area contributed by atoms with E-state index < -0.39 is 5.91 Å². The van der Waals surface area contributed by atoms with Crippen molar-refractivity contribution < 1.29 is 9.53 Å². The van der Waals surface area contributed by atoms with Gasteiger partial charge < -0.3 is 4.74 Å². The molecule has 0 radical (unpaired) electrons. The van der Waals surface area contributed by atoms with Crippen LogP contribution in [0.5, 0.6) is 0 Å². The van der Waals surface area contributed by atoms with E-state index in [1.165, 1.54) is 7.11 Å². The summed E-state index contributed by atoms with van der Waals surface area (Å²) in [7, 11) is 1.41. The van der Waals surface area contributed by atoms with Crippen molar-refractivity contribution in [3.05, 3.63) is 24.0 Å². The van der Waals surface area contributed by atoms with Crippen molar-refractivity contribution in [3.8, 4) is 0 Å². The summed E-state index contributed by atoms with van der Waals surface area (Å²) in [5.41, 5.74) is 2.70. The van der Waals surface area contributed by atoms with Crippen LogP contribution in [0.2, 0.25) is 0 Å². The quantitative estimate of drug-likeness (QED) is 0.178. The average molecular weight is 198 g/mol. The molecule has 0 saturated carbocycles. The van der Waals surface area contributed by atoms with Crippen LogP contribution >= 0.6 is 0 Å². The predicted octanol–water partition coefficient (Wildman–Crippen LogP) is 1.11. The number of nitrogens with one attached hydrogen (secondary N) is 1. The maximum Gasteiger partial charge on any atom is 0.300 e. The average Bonchev–Trinajstić information content (AvgIpc) is 2.10. The molecule has 0 saturated heterocycles. The van der Waals surface area contributed by atoms with E-state index in [9.17, 15) is 4.79 Å². The van der Waals surface area contributed by atoms with Gasteiger partial charge in [-0.2, -0.15) is 0 Å². The summed E-state index contributed by atoms with van der Waals surface area (Å²) in [6.07, 6.45) is 1.59. The number of rotatable bonds is 3. The molecule has 4 heteroatoms. The number of allylic oxidation sites excluding steroid dienone is 2. The summed E-state index contributed by atoms with van der Waals surface area (Å²) in [5.74, 6) is 4.68. The molecule has 0 heterocycles. The Balaban J connectivity index is 4.78. The van der Waals surface area contributed by atoms with Gasteiger partial charge in [-0.05, 0) is 17.1 Å². The molecule has 0 aliphatic heterocycles. The predicted molar refractivity (Wildman–Crippen MR) is 56.0 cm³/mol. The fourth-order valence-electron chi connectivity index (χ4n) is 0.663. The van der Waals surface area contributed by atoms with Gasteiger partial charge in [0.25, 0.3) is 5.91 Å². The SMILES string of the molecule is C=C(/C=C(\OC)C(=O)NN)C(C)(C)C. The number of nitrogens with two attached hydrogens (primary N) is 1. The monoisotopic (exact) mass is 198 g/mol. The number of hydrogen-bond donors (Lipinski definition) is 2. The first-order valence-corrected chi connectivity index (χ1v) is 4.29.